The smallest absolute Gasteiger partial charge is 0.335 e. The van der Waals surface area contributed by atoms with Crippen LogP contribution in [0.5, 0.6) is 0 Å². The van der Waals surface area contributed by atoms with Crippen LogP contribution in [0.3, 0.4) is 0 Å². The molecule has 0 aliphatic carbocycles. The van der Waals surface area contributed by atoms with Crippen LogP contribution in [0, 0.1) is 5.82 Å². The van der Waals surface area contributed by atoms with Crippen molar-refractivity contribution >= 4 is 5.97 Å². The van der Waals surface area contributed by atoms with Gasteiger partial charge < -0.3 is 14.6 Å². The third-order valence-corrected chi connectivity index (χ3v) is 3.83. The molecule has 0 bridgehead atoms. The Labute approximate surface area is 139 Å². The fourth-order valence-electron chi connectivity index (χ4n) is 2.70. The van der Waals surface area contributed by atoms with Crippen molar-refractivity contribution < 1.29 is 23.8 Å². The number of carboxylic acids is 1. The van der Waals surface area contributed by atoms with E-state index in [4.69, 9.17) is 14.6 Å². The van der Waals surface area contributed by atoms with Gasteiger partial charge in [-0.15, -0.1) is 0 Å². The normalized spacial score (nSPS) is 19.4. The Morgan fingerprint density at radius 2 is 2.08 bits per heavy atom. The van der Waals surface area contributed by atoms with Gasteiger partial charge in [0, 0.05) is 18.2 Å². The second-order valence-electron chi connectivity index (χ2n) is 6.21. The molecule has 0 spiro atoms. The number of aromatic carboxylic acids is 1. The van der Waals surface area contributed by atoms with Crippen LogP contribution in [0.4, 0.5) is 4.39 Å². The Bertz CT molecular complexity index is 758. The molecule has 1 aliphatic rings. The quantitative estimate of drug-likeness (QED) is 0.931. The molecular formula is C18H18FNO4. The van der Waals surface area contributed by atoms with Crippen molar-refractivity contribution in [2.75, 3.05) is 6.61 Å². The molecular weight excluding hydrogens is 313 g/mol. The topological polar surface area (TPSA) is 68.7 Å². The van der Waals surface area contributed by atoms with Gasteiger partial charge in [0.05, 0.1) is 18.3 Å². The van der Waals surface area contributed by atoms with E-state index >= 15 is 0 Å². The average Bonchev–Trinajstić information content (AvgIpc) is 2.86. The zero-order chi connectivity index (χ0) is 17.3. The highest BCUT2D eigenvalue weighted by Crippen LogP contribution is 2.26. The van der Waals surface area contributed by atoms with E-state index in [2.05, 4.69) is 4.98 Å². The van der Waals surface area contributed by atoms with E-state index in [0.29, 0.717) is 18.6 Å². The first-order valence-electron chi connectivity index (χ1n) is 7.64. The first-order chi connectivity index (χ1) is 11.3. The van der Waals surface area contributed by atoms with Crippen LogP contribution in [0.25, 0.3) is 11.3 Å². The van der Waals surface area contributed by atoms with Crippen LogP contribution in [0.15, 0.2) is 36.5 Å². The van der Waals surface area contributed by atoms with Crippen LogP contribution < -0.4 is 0 Å². The Hall–Kier alpha value is -2.31. The van der Waals surface area contributed by atoms with Crippen molar-refractivity contribution in [1.82, 2.24) is 4.98 Å². The minimum Gasteiger partial charge on any atom is -0.478 e. The summed E-state index contributed by atoms with van der Waals surface area (Å²) in [5.41, 5.74) is 1.60. The number of aromatic nitrogens is 1. The van der Waals surface area contributed by atoms with Crippen molar-refractivity contribution in [3.8, 4) is 11.3 Å². The number of carbonyl (C=O) groups is 1. The van der Waals surface area contributed by atoms with Crippen LogP contribution >= 0.6 is 0 Å². The minimum atomic E-state index is -1.02. The van der Waals surface area contributed by atoms with Crippen molar-refractivity contribution in [3.05, 3.63) is 53.5 Å². The zero-order valence-corrected chi connectivity index (χ0v) is 13.5. The van der Waals surface area contributed by atoms with E-state index in [1.54, 1.807) is 18.3 Å². The molecule has 1 aromatic heterocycles. The molecule has 1 aromatic carbocycles. The van der Waals surface area contributed by atoms with Gasteiger partial charge in [-0.3, -0.25) is 4.98 Å². The van der Waals surface area contributed by atoms with Crippen molar-refractivity contribution in [2.45, 2.75) is 32.2 Å². The van der Waals surface area contributed by atoms with Gasteiger partial charge in [-0.05, 0) is 37.6 Å². The Kier molecular flexibility index (Phi) is 4.34. The Morgan fingerprint density at radius 1 is 1.38 bits per heavy atom. The summed E-state index contributed by atoms with van der Waals surface area (Å²) in [7, 11) is 0. The van der Waals surface area contributed by atoms with Gasteiger partial charge >= 0.3 is 5.97 Å². The summed E-state index contributed by atoms with van der Waals surface area (Å²) in [6.07, 6.45) is 2.01. The van der Waals surface area contributed by atoms with Gasteiger partial charge in [0.25, 0.3) is 0 Å². The molecule has 6 heteroatoms. The van der Waals surface area contributed by atoms with E-state index in [1.807, 2.05) is 13.8 Å². The highest BCUT2D eigenvalue weighted by atomic mass is 19.1. The van der Waals surface area contributed by atoms with Gasteiger partial charge in [-0.2, -0.15) is 0 Å². The third-order valence-electron chi connectivity index (χ3n) is 3.83. The average molecular weight is 331 g/mol. The number of hydrogen-bond acceptors (Lipinski definition) is 4. The van der Waals surface area contributed by atoms with E-state index in [9.17, 15) is 9.18 Å². The maximum atomic E-state index is 14.4. The summed E-state index contributed by atoms with van der Waals surface area (Å²) in [6, 6.07) is 7.38. The van der Waals surface area contributed by atoms with E-state index in [-0.39, 0.29) is 17.4 Å². The molecule has 2 heterocycles. The molecule has 1 N–H and O–H groups in total. The molecule has 1 aliphatic heterocycles. The molecule has 0 saturated carbocycles. The highest BCUT2D eigenvalue weighted by Gasteiger charge is 2.32. The molecule has 3 rings (SSSR count). The minimum absolute atomic E-state index is 0.123. The van der Waals surface area contributed by atoms with Crippen molar-refractivity contribution in [1.29, 1.82) is 0 Å². The summed E-state index contributed by atoms with van der Waals surface area (Å²) in [4.78, 5) is 15.0. The van der Waals surface area contributed by atoms with Crippen LogP contribution in [0.1, 0.15) is 29.8 Å². The third kappa shape index (κ3) is 3.60. The molecule has 1 saturated heterocycles. The van der Waals surface area contributed by atoms with Crippen LogP contribution in [-0.2, 0) is 15.9 Å². The van der Waals surface area contributed by atoms with Gasteiger partial charge in [-0.25, -0.2) is 9.18 Å². The first kappa shape index (κ1) is 16.5. The maximum Gasteiger partial charge on any atom is 0.335 e. The molecule has 1 atom stereocenters. The number of ether oxygens (including phenoxy) is 2. The number of hydrogen-bond donors (Lipinski definition) is 1. The zero-order valence-electron chi connectivity index (χ0n) is 13.5. The molecule has 2 aromatic rings. The molecule has 24 heavy (non-hydrogen) atoms. The Balaban J connectivity index is 1.76. The lowest BCUT2D eigenvalue weighted by Crippen LogP contribution is -2.22. The lowest BCUT2D eigenvalue weighted by molar-refractivity contribution is -0.138. The number of carboxylic acid groups (broad SMARTS) is 1. The van der Waals surface area contributed by atoms with Gasteiger partial charge in [0.2, 0.25) is 0 Å². The summed E-state index contributed by atoms with van der Waals surface area (Å²) >= 11 is 0. The largest absolute Gasteiger partial charge is 0.478 e. The number of halogens is 1. The number of nitrogens with zero attached hydrogens (tertiary/aromatic N) is 1. The molecule has 1 fully saturated rings. The summed E-state index contributed by atoms with van der Waals surface area (Å²) in [5, 5.41) is 8.90. The first-order valence-corrected chi connectivity index (χ1v) is 7.64. The SMILES string of the molecule is CC1(C)OCC(Cc2cnc(-c3ccc(C(=O)O)cc3)c(F)c2)O1. The predicted molar refractivity (Wildman–Crippen MR) is 85.2 cm³/mol. The number of benzene rings is 1. The standard InChI is InChI=1S/C18H18FNO4/c1-18(2)23-10-14(24-18)7-11-8-15(19)16(20-9-11)12-3-5-13(6-4-12)17(21)22/h3-6,8-9,14H,7,10H2,1-2H3,(H,21,22). The summed E-state index contributed by atoms with van der Waals surface area (Å²) < 4.78 is 25.6. The molecule has 1 unspecified atom stereocenters. The lowest BCUT2D eigenvalue weighted by atomic mass is 10.1. The monoisotopic (exact) mass is 331 g/mol. The van der Waals surface area contributed by atoms with Crippen LogP contribution in [-0.4, -0.2) is 34.6 Å². The van der Waals surface area contributed by atoms with Gasteiger partial charge in [0.1, 0.15) is 11.5 Å². The highest BCUT2D eigenvalue weighted by molar-refractivity contribution is 5.88. The number of pyridine rings is 1. The van der Waals surface area contributed by atoms with Crippen molar-refractivity contribution in [2.24, 2.45) is 0 Å². The summed E-state index contributed by atoms with van der Waals surface area (Å²) in [5.74, 6) is -2.08. The second-order valence-corrected chi connectivity index (χ2v) is 6.21. The fraction of sp³-hybridized carbons (Fsp3) is 0.333. The Morgan fingerprint density at radius 3 is 2.62 bits per heavy atom. The van der Waals surface area contributed by atoms with Crippen molar-refractivity contribution in [3.63, 3.8) is 0 Å². The summed E-state index contributed by atoms with van der Waals surface area (Å²) in [6.45, 7) is 4.15. The molecule has 5 nitrogen and oxygen atoms in total. The van der Waals surface area contributed by atoms with Gasteiger partial charge in [-0.1, -0.05) is 12.1 Å². The predicted octanol–water partition coefficient (Wildman–Crippen LogP) is 3.28. The van der Waals surface area contributed by atoms with E-state index < -0.39 is 17.6 Å². The van der Waals surface area contributed by atoms with E-state index in [1.165, 1.54) is 18.2 Å². The number of rotatable bonds is 4. The maximum absolute atomic E-state index is 14.4. The van der Waals surface area contributed by atoms with Gasteiger partial charge in [0.15, 0.2) is 5.79 Å². The molecule has 0 radical (unpaired) electrons. The van der Waals surface area contributed by atoms with Crippen LogP contribution in [0.2, 0.25) is 0 Å². The fourth-order valence-corrected chi connectivity index (χ4v) is 2.70. The second kappa shape index (κ2) is 6.30. The van der Waals surface area contributed by atoms with E-state index in [0.717, 1.165) is 5.56 Å². The molecule has 0 amide bonds. The molecule has 126 valence electrons. The lowest BCUT2D eigenvalue weighted by Gasteiger charge is -2.17.